The van der Waals surface area contributed by atoms with Crippen molar-refractivity contribution >= 4 is 12.0 Å². The van der Waals surface area contributed by atoms with Crippen LogP contribution >= 0.6 is 0 Å². The highest BCUT2D eigenvalue weighted by atomic mass is 19.3. The molecule has 0 radical (unpaired) electrons. The lowest BCUT2D eigenvalue weighted by Crippen LogP contribution is -2.12. The molecule has 0 saturated carbocycles. The highest BCUT2D eigenvalue weighted by Crippen LogP contribution is 2.30. The summed E-state index contributed by atoms with van der Waals surface area (Å²) in [6.45, 7) is -2.98. The number of rotatable bonds is 5. The summed E-state index contributed by atoms with van der Waals surface area (Å²) in [5.41, 5.74) is 5.11. The van der Waals surface area contributed by atoms with Gasteiger partial charge in [-0.3, -0.25) is 4.79 Å². The van der Waals surface area contributed by atoms with Crippen molar-refractivity contribution in [2.75, 3.05) is 7.11 Å². The first kappa shape index (κ1) is 14.4. The minimum absolute atomic E-state index is 0.0517. The number of halogens is 2. The maximum atomic E-state index is 12.1. The van der Waals surface area contributed by atoms with E-state index >= 15 is 0 Å². The number of nitriles is 1. The summed E-state index contributed by atoms with van der Waals surface area (Å²) in [6, 6.07) is 5.61. The van der Waals surface area contributed by atoms with Gasteiger partial charge in [0.25, 0.3) is 5.91 Å². The van der Waals surface area contributed by atoms with Crippen LogP contribution in [-0.4, -0.2) is 19.6 Å². The first-order valence-corrected chi connectivity index (χ1v) is 5.02. The van der Waals surface area contributed by atoms with Gasteiger partial charge in [0.15, 0.2) is 11.5 Å². The maximum absolute atomic E-state index is 12.1. The van der Waals surface area contributed by atoms with E-state index in [4.69, 9.17) is 15.7 Å². The highest BCUT2D eigenvalue weighted by molar-refractivity contribution is 6.00. The lowest BCUT2D eigenvalue weighted by molar-refractivity contribution is -0.114. The molecular formula is C12H10F2N2O3. The van der Waals surface area contributed by atoms with E-state index in [0.717, 1.165) is 0 Å². The summed E-state index contributed by atoms with van der Waals surface area (Å²) in [4.78, 5) is 10.9. The van der Waals surface area contributed by atoms with Crippen molar-refractivity contribution in [1.82, 2.24) is 0 Å². The van der Waals surface area contributed by atoms with E-state index in [-0.39, 0.29) is 17.1 Å². The second-order valence-electron chi connectivity index (χ2n) is 3.32. The first-order valence-electron chi connectivity index (χ1n) is 5.02. The van der Waals surface area contributed by atoms with Gasteiger partial charge in [-0.2, -0.15) is 14.0 Å². The van der Waals surface area contributed by atoms with Gasteiger partial charge < -0.3 is 15.2 Å². The van der Waals surface area contributed by atoms with E-state index < -0.39 is 12.5 Å². The minimum Gasteiger partial charge on any atom is -0.493 e. The van der Waals surface area contributed by atoms with Gasteiger partial charge in [-0.25, -0.2) is 0 Å². The molecule has 0 aliphatic carbocycles. The molecule has 1 aromatic carbocycles. The Morgan fingerprint density at radius 1 is 1.47 bits per heavy atom. The summed E-state index contributed by atoms with van der Waals surface area (Å²) in [6.07, 6.45) is 1.22. The largest absolute Gasteiger partial charge is 0.493 e. The molecule has 0 saturated heterocycles. The van der Waals surface area contributed by atoms with Crippen molar-refractivity contribution in [3.05, 3.63) is 29.3 Å². The SMILES string of the molecule is COc1cc(/C=C(\C#N)C(N)=O)ccc1OC(F)F. The Kier molecular flexibility index (Phi) is 4.83. The topological polar surface area (TPSA) is 85.3 Å². The third-order valence-electron chi connectivity index (χ3n) is 2.10. The van der Waals surface area contributed by atoms with Crippen LogP contribution < -0.4 is 15.2 Å². The van der Waals surface area contributed by atoms with E-state index in [0.29, 0.717) is 5.56 Å². The van der Waals surface area contributed by atoms with Crippen LogP contribution in [0.25, 0.3) is 6.08 Å². The van der Waals surface area contributed by atoms with Gasteiger partial charge in [0.1, 0.15) is 11.6 Å². The van der Waals surface area contributed by atoms with Crippen molar-refractivity contribution in [3.8, 4) is 17.6 Å². The molecule has 100 valence electrons. The zero-order valence-corrected chi connectivity index (χ0v) is 9.89. The molecule has 1 amide bonds. The number of hydrogen-bond acceptors (Lipinski definition) is 4. The lowest BCUT2D eigenvalue weighted by Gasteiger charge is -2.10. The number of ether oxygens (including phenoxy) is 2. The highest BCUT2D eigenvalue weighted by Gasteiger charge is 2.11. The molecule has 0 aliphatic rings. The molecule has 0 fully saturated rings. The fourth-order valence-corrected chi connectivity index (χ4v) is 1.29. The summed E-state index contributed by atoms with van der Waals surface area (Å²) in [5.74, 6) is -0.975. The summed E-state index contributed by atoms with van der Waals surface area (Å²) in [7, 11) is 1.28. The van der Waals surface area contributed by atoms with Crippen LogP contribution in [0.3, 0.4) is 0 Å². The number of methoxy groups -OCH3 is 1. The van der Waals surface area contributed by atoms with Crippen LogP contribution in [0.2, 0.25) is 0 Å². The average molecular weight is 268 g/mol. The molecule has 1 aromatic rings. The van der Waals surface area contributed by atoms with E-state index in [1.807, 2.05) is 0 Å². The first-order chi connectivity index (χ1) is 8.97. The van der Waals surface area contributed by atoms with Crippen molar-refractivity contribution in [1.29, 1.82) is 5.26 Å². The third-order valence-corrected chi connectivity index (χ3v) is 2.10. The monoisotopic (exact) mass is 268 g/mol. The van der Waals surface area contributed by atoms with Crippen LogP contribution in [0.5, 0.6) is 11.5 Å². The van der Waals surface area contributed by atoms with Gasteiger partial charge in [-0.05, 0) is 23.8 Å². The second kappa shape index (κ2) is 6.35. The zero-order valence-electron chi connectivity index (χ0n) is 9.89. The number of benzene rings is 1. The second-order valence-corrected chi connectivity index (χ2v) is 3.32. The van der Waals surface area contributed by atoms with Crippen LogP contribution in [0.15, 0.2) is 23.8 Å². The summed E-state index contributed by atoms with van der Waals surface area (Å²) >= 11 is 0. The number of nitrogens with two attached hydrogens (primary N) is 1. The fraction of sp³-hybridized carbons (Fsp3) is 0.167. The van der Waals surface area contributed by atoms with Crippen molar-refractivity contribution in [2.45, 2.75) is 6.61 Å². The molecule has 0 bridgehead atoms. The van der Waals surface area contributed by atoms with Crippen molar-refractivity contribution < 1.29 is 23.0 Å². The molecule has 2 N–H and O–H groups in total. The zero-order chi connectivity index (χ0) is 14.4. The number of nitrogens with zero attached hydrogens (tertiary/aromatic N) is 1. The molecular weight excluding hydrogens is 258 g/mol. The standard InChI is InChI=1S/C12H10F2N2O3/c1-18-10-5-7(4-8(6-15)11(16)17)2-3-9(10)19-12(13)14/h2-5,12H,1H3,(H2,16,17)/b8-4+. The summed E-state index contributed by atoms with van der Waals surface area (Å²) in [5, 5.41) is 8.68. The molecule has 5 nitrogen and oxygen atoms in total. The van der Waals surface area contributed by atoms with E-state index in [2.05, 4.69) is 4.74 Å². The Bertz CT molecular complexity index is 550. The number of amides is 1. The molecule has 7 heteroatoms. The Balaban J connectivity index is 3.14. The average Bonchev–Trinajstić information content (AvgIpc) is 2.36. The fourth-order valence-electron chi connectivity index (χ4n) is 1.29. The van der Waals surface area contributed by atoms with Gasteiger partial charge in [-0.15, -0.1) is 0 Å². The molecule has 0 unspecified atom stereocenters. The minimum atomic E-state index is -2.98. The molecule has 0 spiro atoms. The molecule has 1 rings (SSSR count). The Hall–Kier alpha value is -2.62. The van der Waals surface area contributed by atoms with Crippen LogP contribution in [0.1, 0.15) is 5.56 Å². The van der Waals surface area contributed by atoms with Gasteiger partial charge in [0, 0.05) is 0 Å². The molecule has 19 heavy (non-hydrogen) atoms. The predicted octanol–water partition coefficient (Wildman–Crippen LogP) is 1.69. The van der Waals surface area contributed by atoms with E-state index in [9.17, 15) is 13.6 Å². The predicted molar refractivity (Wildman–Crippen MR) is 62.4 cm³/mol. The normalized spacial score (nSPS) is 11.0. The quantitative estimate of drug-likeness (QED) is 0.650. The molecule has 0 aliphatic heterocycles. The molecule has 0 aromatic heterocycles. The summed E-state index contributed by atoms with van der Waals surface area (Å²) < 4.78 is 33.3. The lowest BCUT2D eigenvalue weighted by atomic mass is 10.1. The number of alkyl halides is 2. The maximum Gasteiger partial charge on any atom is 0.387 e. The number of carbonyl (C=O) groups is 1. The van der Waals surface area contributed by atoms with E-state index in [1.165, 1.54) is 31.4 Å². The van der Waals surface area contributed by atoms with Crippen LogP contribution in [0, 0.1) is 11.3 Å². The Morgan fingerprint density at radius 3 is 2.63 bits per heavy atom. The van der Waals surface area contributed by atoms with Crippen molar-refractivity contribution in [3.63, 3.8) is 0 Å². The van der Waals surface area contributed by atoms with Gasteiger partial charge in [-0.1, -0.05) is 6.07 Å². The molecule has 0 atom stereocenters. The van der Waals surface area contributed by atoms with Crippen LogP contribution in [-0.2, 0) is 4.79 Å². The number of carbonyl (C=O) groups excluding carboxylic acids is 1. The third kappa shape index (κ3) is 3.96. The number of hydrogen-bond donors (Lipinski definition) is 1. The Morgan fingerprint density at radius 2 is 2.16 bits per heavy atom. The number of primary amides is 1. The molecule has 0 heterocycles. The smallest absolute Gasteiger partial charge is 0.387 e. The van der Waals surface area contributed by atoms with Crippen LogP contribution in [0.4, 0.5) is 8.78 Å². The van der Waals surface area contributed by atoms with Crippen molar-refractivity contribution in [2.24, 2.45) is 5.73 Å². The van der Waals surface area contributed by atoms with Gasteiger partial charge >= 0.3 is 6.61 Å². The van der Waals surface area contributed by atoms with Gasteiger partial charge in [0.05, 0.1) is 7.11 Å². The Labute approximate surface area is 107 Å². The van der Waals surface area contributed by atoms with E-state index in [1.54, 1.807) is 6.07 Å². The van der Waals surface area contributed by atoms with Gasteiger partial charge in [0.2, 0.25) is 0 Å².